The fourth-order valence-electron chi connectivity index (χ4n) is 4.36. The number of rotatable bonds is 5. The number of amidine groups is 1. The summed E-state index contributed by atoms with van der Waals surface area (Å²) in [4.78, 5) is 29.9. The average Bonchev–Trinajstić information content (AvgIpc) is 3.46. The van der Waals surface area contributed by atoms with Gasteiger partial charge < -0.3 is 5.32 Å². The van der Waals surface area contributed by atoms with Crippen molar-refractivity contribution in [3.63, 3.8) is 0 Å². The van der Waals surface area contributed by atoms with Crippen molar-refractivity contribution in [1.29, 1.82) is 0 Å². The van der Waals surface area contributed by atoms with E-state index in [2.05, 4.69) is 41.5 Å². The van der Waals surface area contributed by atoms with Crippen LogP contribution >= 0.6 is 23.4 Å². The van der Waals surface area contributed by atoms with Gasteiger partial charge >= 0.3 is 0 Å². The SMILES string of the molecule is Cc1ccc([C@H]2CC(c3ccc(Cl)cc3)=NN2C2=NC(=O)[C@H](CC(=O)Nc3ccc(C)c(C)c3)S2)cc1. The molecule has 2 heterocycles. The molecule has 0 saturated carbocycles. The van der Waals surface area contributed by atoms with Gasteiger partial charge in [-0.15, -0.1) is 0 Å². The van der Waals surface area contributed by atoms with Crippen LogP contribution in [0.3, 0.4) is 0 Å². The standard InChI is InChI=1S/C29H27ClN4O2S/c1-17-4-7-21(8-5-17)25-15-24(20-9-11-22(30)12-10-20)33-34(25)29-32-28(36)26(37-29)16-27(35)31-23-13-6-18(2)19(3)14-23/h4-14,25-26H,15-16H2,1-3H3,(H,31,35)/t25-,26+/m1/s1. The molecule has 37 heavy (non-hydrogen) atoms. The van der Waals surface area contributed by atoms with Crippen molar-refractivity contribution >= 4 is 51.7 Å². The predicted molar refractivity (Wildman–Crippen MR) is 151 cm³/mol. The largest absolute Gasteiger partial charge is 0.326 e. The summed E-state index contributed by atoms with van der Waals surface area (Å²) < 4.78 is 0. The molecule has 0 unspecified atom stereocenters. The summed E-state index contributed by atoms with van der Waals surface area (Å²) in [5, 5.41) is 10.2. The Bertz CT molecular complexity index is 1420. The van der Waals surface area contributed by atoms with E-state index in [1.54, 1.807) is 0 Å². The molecule has 1 N–H and O–H groups in total. The Morgan fingerprint density at radius 2 is 1.76 bits per heavy atom. The molecule has 0 aliphatic carbocycles. The number of aliphatic imine (C=N–C) groups is 1. The molecule has 2 aliphatic rings. The molecule has 0 aromatic heterocycles. The monoisotopic (exact) mass is 530 g/mol. The number of thioether (sulfide) groups is 1. The highest BCUT2D eigenvalue weighted by atomic mass is 35.5. The Kier molecular flexibility index (Phi) is 7.17. The molecule has 0 bridgehead atoms. The second kappa shape index (κ2) is 10.5. The third kappa shape index (κ3) is 5.63. The van der Waals surface area contributed by atoms with Gasteiger partial charge in [0.2, 0.25) is 5.91 Å². The zero-order valence-corrected chi connectivity index (χ0v) is 22.4. The number of nitrogens with one attached hydrogen (secondary N) is 1. The van der Waals surface area contributed by atoms with Crippen LogP contribution in [0.5, 0.6) is 0 Å². The van der Waals surface area contributed by atoms with Gasteiger partial charge in [-0.2, -0.15) is 10.1 Å². The third-order valence-corrected chi connectivity index (χ3v) is 8.03. The summed E-state index contributed by atoms with van der Waals surface area (Å²) in [6.45, 7) is 6.08. The van der Waals surface area contributed by atoms with Crippen molar-refractivity contribution < 1.29 is 9.59 Å². The van der Waals surface area contributed by atoms with Crippen LogP contribution in [-0.2, 0) is 9.59 Å². The Hall–Kier alpha value is -3.42. The van der Waals surface area contributed by atoms with Gasteiger partial charge in [0.1, 0.15) is 5.25 Å². The number of nitrogens with zero attached hydrogens (tertiary/aromatic N) is 3. The van der Waals surface area contributed by atoms with Crippen molar-refractivity contribution in [2.75, 3.05) is 5.32 Å². The third-order valence-electron chi connectivity index (χ3n) is 6.64. The lowest BCUT2D eigenvalue weighted by Gasteiger charge is -2.23. The number of carbonyl (C=O) groups excluding carboxylic acids is 2. The van der Waals surface area contributed by atoms with E-state index >= 15 is 0 Å². The smallest absolute Gasteiger partial charge is 0.262 e. The van der Waals surface area contributed by atoms with Crippen molar-refractivity contribution in [2.24, 2.45) is 10.1 Å². The van der Waals surface area contributed by atoms with Gasteiger partial charge in [-0.3, -0.25) is 9.59 Å². The summed E-state index contributed by atoms with van der Waals surface area (Å²) in [5.74, 6) is -0.527. The molecule has 0 radical (unpaired) electrons. The van der Waals surface area contributed by atoms with Gasteiger partial charge in [0.15, 0.2) is 5.17 Å². The highest BCUT2D eigenvalue weighted by Crippen LogP contribution is 2.38. The van der Waals surface area contributed by atoms with Gasteiger partial charge in [0.25, 0.3) is 5.91 Å². The number of hydrazone groups is 1. The number of carbonyl (C=O) groups is 2. The lowest BCUT2D eigenvalue weighted by atomic mass is 9.98. The number of anilines is 1. The van der Waals surface area contributed by atoms with Crippen LogP contribution in [0.15, 0.2) is 76.8 Å². The minimum Gasteiger partial charge on any atom is -0.326 e. The lowest BCUT2D eigenvalue weighted by Crippen LogP contribution is -2.25. The Morgan fingerprint density at radius 3 is 2.46 bits per heavy atom. The minimum absolute atomic E-state index is 0.0419. The summed E-state index contributed by atoms with van der Waals surface area (Å²) in [5.41, 5.74) is 7.11. The number of aryl methyl sites for hydroxylation is 3. The fourth-order valence-corrected chi connectivity index (χ4v) is 5.54. The van der Waals surface area contributed by atoms with Crippen molar-refractivity contribution in [2.45, 2.75) is 44.9 Å². The minimum atomic E-state index is -0.588. The van der Waals surface area contributed by atoms with Crippen LogP contribution in [0.2, 0.25) is 5.02 Å². The van der Waals surface area contributed by atoms with Gasteiger partial charge in [-0.05, 0) is 67.3 Å². The quantitative estimate of drug-likeness (QED) is 0.411. The second-order valence-electron chi connectivity index (χ2n) is 9.42. The summed E-state index contributed by atoms with van der Waals surface area (Å²) in [6, 6.07) is 21.6. The van der Waals surface area contributed by atoms with Crippen LogP contribution in [-0.4, -0.2) is 33.0 Å². The maximum absolute atomic E-state index is 12.8. The summed E-state index contributed by atoms with van der Waals surface area (Å²) in [7, 11) is 0. The van der Waals surface area contributed by atoms with Crippen molar-refractivity contribution in [3.8, 4) is 0 Å². The summed E-state index contributed by atoms with van der Waals surface area (Å²) >= 11 is 7.39. The number of benzene rings is 3. The molecular weight excluding hydrogens is 504 g/mol. The lowest BCUT2D eigenvalue weighted by molar-refractivity contribution is -0.121. The maximum Gasteiger partial charge on any atom is 0.262 e. The molecule has 3 aromatic rings. The highest BCUT2D eigenvalue weighted by molar-refractivity contribution is 8.15. The predicted octanol–water partition coefficient (Wildman–Crippen LogP) is 6.44. The average molecular weight is 531 g/mol. The summed E-state index contributed by atoms with van der Waals surface area (Å²) in [6.07, 6.45) is 0.705. The van der Waals surface area contributed by atoms with E-state index in [1.165, 1.54) is 17.3 Å². The topological polar surface area (TPSA) is 74.1 Å². The zero-order valence-electron chi connectivity index (χ0n) is 20.9. The first kappa shape index (κ1) is 25.2. The Morgan fingerprint density at radius 1 is 1.03 bits per heavy atom. The molecule has 0 fully saturated rings. The molecule has 3 aromatic carbocycles. The van der Waals surface area contributed by atoms with E-state index in [1.807, 2.05) is 61.3 Å². The first-order chi connectivity index (χ1) is 17.8. The molecular formula is C29H27ClN4O2S. The normalized spacial score (nSPS) is 19.1. The van der Waals surface area contributed by atoms with E-state index in [0.717, 1.165) is 33.7 Å². The van der Waals surface area contributed by atoms with E-state index < -0.39 is 5.25 Å². The van der Waals surface area contributed by atoms with Crippen molar-refractivity contribution in [3.05, 3.63) is 99.6 Å². The molecule has 2 atom stereocenters. The molecule has 6 nitrogen and oxygen atoms in total. The van der Waals surface area contributed by atoms with Crippen LogP contribution in [0, 0.1) is 20.8 Å². The number of halogens is 1. The van der Waals surface area contributed by atoms with Crippen LogP contribution in [0.1, 0.15) is 46.7 Å². The second-order valence-corrected chi connectivity index (χ2v) is 11.0. The number of amides is 2. The molecule has 0 spiro atoms. The molecule has 0 saturated heterocycles. The van der Waals surface area contributed by atoms with E-state index in [-0.39, 0.29) is 24.3 Å². The number of hydrogen-bond acceptors (Lipinski definition) is 5. The first-order valence-corrected chi connectivity index (χ1v) is 13.4. The van der Waals surface area contributed by atoms with E-state index in [0.29, 0.717) is 16.6 Å². The van der Waals surface area contributed by atoms with Crippen LogP contribution < -0.4 is 5.32 Å². The van der Waals surface area contributed by atoms with Crippen LogP contribution in [0.25, 0.3) is 0 Å². The molecule has 5 rings (SSSR count). The molecule has 2 amide bonds. The van der Waals surface area contributed by atoms with E-state index in [4.69, 9.17) is 16.7 Å². The molecule has 188 valence electrons. The van der Waals surface area contributed by atoms with Gasteiger partial charge in [0, 0.05) is 23.6 Å². The molecule has 2 aliphatic heterocycles. The van der Waals surface area contributed by atoms with Crippen molar-refractivity contribution in [1.82, 2.24) is 5.01 Å². The Labute approximate surface area is 225 Å². The Balaban J connectivity index is 1.34. The van der Waals surface area contributed by atoms with Gasteiger partial charge in [-0.1, -0.05) is 71.4 Å². The zero-order chi connectivity index (χ0) is 26.1. The number of hydrogen-bond donors (Lipinski definition) is 1. The molecule has 8 heteroatoms. The highest BCUT2D eigenvalue weighted by Gasteiger charge is 2.39. The first-order valence-electron chi connectivity index (χ1n) is 12.1. The van der Waals surface area contributed by atoms with Crippen LogP contribution in [0.4, 0.5) is 5.69 Å². The fraction of sp³-hybridized carbons (Fsp3) is 0.241. The van der Waals surface area contributed by atoms with Gasteiger partial charge in [-0.25, -0.2) is 5.01 Å². The van der Waals surface area contributed by atoms with E-state index in [9.17, 15) is 9.59 Å². The maximum atomic E-state index is 12.8. The van der Waals surface area contributed by atoms with Gasteiger partial charge in [0.05, 0.1) is 11.8 Å².